The number of carbonyl (C=O) groups excluding carboxylic acids is 1. The molecule has 1 heterocycles. The maximum absolute atomic E-state index is 13.3. The number of carbonyl (C=O) groups is 1. The van der Waals surface area contributed by atoms with E-state index in [0.717, 1.165) is 12.1 Å². The number of anilines is 1. The fraction of sp³-hybridized carbons (Fsp3) is 0.200. The highest BCUT2D eigenvalue weighted by Gasteiger charge is 2.35. The van der Waals surface area contributed by atoms with Crippen LogP contribution in [0, 0.1) is 12.7 Å². The normalized spacial score (nSPS) is 11.3. The van der Waals surface area contributed by atoms with Crippen LogP contribution in [0.1, 0.15) is 15.9 Å². The summed E-state index contributed by atoms with van der Waals surface area (Å²) in [4.78, 5) is 16.7. The molecule has 2 rings (SSSR count). The molecule has 0 fully saturated rings. The molecule has 0 saturated heterocycles. The molecule has 22 heavy (non-hydrogen) atoms. The Morgan fingerprint density at radius 1 is 1.23 bits per heavy atom. The number of halogens is 4. The first-order valence-corrected chi connectivity index (χ1v) is 6.34. The molecule has 2 aromatic rings. The molecule has 7 heteroatoms. The number of aromatic nitrogens is 1. The highest BCUT2D eigenvalue weighted by Crippen LogP contribution is 2.23. The van der Waals surface area contributed by atoms with Crippen molar-refractivity contribution in [1.82, 2.24) is 4.98 Å². The minimum atomic E-state index is -4.60. The molecular weight excluding hydrogens is 300 g/mol. The van der Waals surface area contributed by atoms with Crippen LogP contribution in [-0.2, 0) is 0 Å². The van der Waals surface area contributed by atoms with Crippen molar-refractivity contribution in [3.05, 3.63) is 59.5 Å². The zero-order chi connectivity index (χ0) is 16.3. The van der Waals surface area contributed by atoms with Gasteiger partial charge in [-0.15, -0.1) is 0 Å². The highest BCUT2D eigenvalue weighted by molar-refractivity contribution is 6.06. The van der Waals surface area contributed by atoms with Gasteiger partial charge < -0.3 is 0 Å². The number of alkyl halides is 3. The molecule has 0 radical (unpaired) electrons. The van der Waals surface area contributed by atoms with Crippen molar-refractivity contribution in [3.63, 3.8) is 0 Å². The van der Waals surface area contributed by atoms with Crippen molar-refractivity contribution in [3.8, 4) is 0 Å². The molecule has 3 nitrogen and oxygen atoms in total. The molecule has 0 unspecified atom stereocenters. The van der Waals surface area contributed by atoms with E-state index in [-0.39, 0.29) is 11.4 Å². The summed E-state index contributed by atoms with van der Waals surface area (Å²) in [5, 5.41) is 0. The van der Waals surface area contributed by atoms with Gasteiger partial charge in [-0.05, 0) is 36.8 Å². The highest BCUT2D eigenvalue weighted by atomic mass is 19.4. The van der Waals surface area contributed by atoms with E-state index in [0.29, 0.717) is 10.5 Å². The summed E-state index contributed by atoms with van der Waals surface area (Å²) in [5.74, 6) is -1.79. The Kier molecular flexibility index (Phi) is 4.44. The van der Waals surface area contributed by atoms with Gasteiger partial charge in [0.15, 0.2) is 0 Å². The minimum absolute atomic E-state index is 0.130. The predicted octanol–water partition coefficient (Wildman–Crippen LogP) is 3.74. The summed E-state index contributed by atoms with van der Waals surface area (Å²) in [5.41, 5.74) is 0.254. The summed E-state index contributed by atoms with van der Waals surface area (Å²) in [7, 11) is 0. The number of aryl methyl sites for hydroxylation is 1. The van der Waals surface area contributed by atoms with Gasteiger partial charge in [0.2, 0.25) is 0 Å². The van der Waals surface area contributed by atoms with Gasteiger partial charge in [-0.1, -0.05) is 12.1 Å². The van der Waals surface area contributed by atoms with Crippen LogP contribution in [0.2, 0.25) is 0 Å². The third-order valence-electron chi connectivity index (χ3n) is 2.94. The quantitative estimate of drug-likeness (QED) is 0.809. The van der Waals surface area contributed by atoms with Crippen LogP contribution in [0.15, 0.2) is 42.6 Å². The van der Waals surface area contributed by atoms with Gasteiger partial charge in [0.25, 0.3) is 5.91 Å². The summed E-state index contributed by atoms with van der Waals surface area (Å²) >= 11 is 0. The minimum Gasteiger partial charge on any atom is -0.283 e. The molecule has 1 aromatic carbocycles. The number of rotatable bonds is 3. The van der Waals surface area contributed by atoms with Gasteiger partial charge in [-0.25, -0.2) is 9.37 Å². The molecule has 1 aromatic heterocycles. The van der Waals surface area contributed by atoms with E-state index in [1.807, 2.05) is 0 Å². The van der Waals surface area contributed by atoms with Crippen LogP contribution in [0.3, 0.4) is 0 Å². The van der Waals surface area contributed by atoms with Crippen LogP contribution in [0.25, 0.3) is 0 Å². The topological polar surface area (TPSA) is 33.2 Å². The molecule has 116 valence electrons. The second-order valence-electron chi connectivity index (χ2n) is 4.65. The fourth-order valence-corrected chi connectivity index (χ4v) is 1.92. The van der Waals surface area contributed by atoms with Gasteiger partial charge in [-0.2, -0.15) is 13.2 Å². The first-order chi connectivity index (χ1) is 10.3. The van der Waals surface area contributed by atoms with Crippen LogP contribution in [0.5, 0.6) is 0 Å². The Hall–Kier alpha value is -2.44. The van der Waals surface area contributed by atoms with E-state index < -0.39 is 24.4 Å². The summed E-state index contributed by atoms with van der Waals surface area (Å²) in [6.45, 7) is 0.0235. The van der Waals surface area contributed by atoms with E-state index >= 15 is 0 Å². The van der Waals surface area contributed by atoms with Crippen LogP contribution < -0.4 is 4.90 Å². The molecule has 0 aliphatic heterocycles. The largest absolute Gasteiger partial charge is 0.406 e. The third kappa shape index (κ3) is 3.81. The fourth-order valence-electron chi connectivity index (χ4n) is 1.92. The lowest BCUT2D eigenvalue weighted by Crippen LogP contribution is -2.40. The smallest absolute Gasteiger partial charge is 0.283 e. The Morgan fingerprint density at radius 2 is 1.95 bits per heavy atom. The van der Waals surface area contributed by atoms with Crippen molar-refractivity contribution < 1.29 is 22.4 Å². The zero-order valence-corrected chi connectivity index (χ0v) is 11.6. The first kappa shape index (κ1) is 15.9. The van der Waals surface area contributed by atoms with E-state index in [2.05, 4.69) is 4.98 Å². The number of hydrogen-bond donors (Lipinski definition) is 0. The number of nitrogens with zero attached hydrogens (tertiary/aromatic N) is 2. The van der Waals surface area contributed by atoms with Gasteiger partial charge in [0.05, 0.1) is 0 Å². The molecular formula is C15H12F4N2O. The molecule has 1 amide bonds. The van der Waals surface area contributed by atoms with Gasteiger partial charge in [-0.3, -0.25) is 9.69 Å². The average molecular weight is 312 g/mol. The Balaban J connectivity index is 2.44. The van der Waals surface area contributed by atoms with Gasteiger partial charge >= 0.3 is 6.18 Å². The Morgan fingerprint density at radius 3 is 2.55 bits per heavy atom. The van der Waals surface area contributed by atoms with Crippen molar-refractivity contribution in [2.24, 2.45) is 0 Å². The van der Waals surface area contributed by atoms with E-state index in [9.17, 15) is 22.4 Å². The first-order valence-electron chi connectivity index (χ1n) is 6.34. The second kappa shape index (κ2) is 6.13. The van der Waals surface area contributed by atoms with Crippen LogP contribution in [-0.4, -0.2) is 23.6 Å². The Bertz CT molecular complexity index is 671. The van der Waals surface area contributed by atoms with Crippen molar-refractivity contribution in [1.29, 1.82) is 0 Å². The molecule has 0 bridgehead atoms. The molecule has 0 spiro atoms. The predicted molar refractivity (Wildman–Crippen MR) is 73.1 cm³/mol. The number of amides is 1. The lowest BCUT2D eigenvalue weighted by atomic mass is 10.1. The molecule has 0 saturated carbocycles. The number of hydrogen-bond acceptors (Lipinski definition) is 2. The van der Waals surface area contributed by atoms with Crippen molar-refractivity contribution in [2.75, 3.05) is 11.4 Å². The maximum atomic E-state index is 13.3. The van der Waals surface area contributed by atoms with Gasteiger partial charge in [0, 0.05) is 11.8 Å². The summed E-state index contributed by atoms with van der Waals surface area (Å²) in [6, 6.07) is 7.68. The van der Waals surface area contributed by atoms with E-state index in [4.69, 9.17) is 0 Å². The maximum Gasteiger partial charge on any atom is 0.406 e. The lowest BCUT2D eigenvalue weighted by Gasteiger charge is -2.23. The number of pyridine rings is 1. The summed E-state index contributed by atoms with van der Waals surface area (Å²) in [6.07, 6.45) is -3.32. The Labute approximate surface area is 124 Å². The third-order valence-corrected chi connectivity index (χ3v) is 2.94. The van der Waals surface area contributed by atoms with E-state index in [1.54, 1.807) is 0 Å². The monoisotopic (exact) mass is 312 g/mol. The SMILES string of the molecule is Cc1ccc(F)cc1C(=O)N(CC(F)(F)F)c1ccccn1. The van der Waals surface area contributed by atoms with E-state index in [1.165, 1.54) is 37.4 Å². The average Bonchev–Trinajstić information content (AvgIpc) is 2.46. The summed E-state index contributed by atoms with van der Waals surface area (Å²) < 4.78 is 51.6. The molecule has 0 aliphatic carbocycles. The molecule has 0 atom stereocenters. The second-order valence-corrected chi connectivity index (χ2v) is 4.65. The van der Waals surface area contributed by atoms with Crippen molar-refractivity contribution in [2.45, 2.75) is 13.1 Å². The molecule has 0 aliphatic rings. The van der Waals surface area contributed by atoms with Crippen molar-refractivity contribution >= 4 is 11.7 Å². The van der Waals surface area contributed by atoms with Gasteiger partial charge in [0.1, 0.15) is 18.2 Å². The van der Waals surface area contributed by atoms with Crippen LogP contribution >= 0.6 is 0 Å². The lowest BCUT2D eigenvalue weighted by molar-refractivity contribution is -0.118. The number of benzene rings is 1. The zero-order valence-electron chi connectivity index (χ0n) is 11.6. The van der Waals surface area contributed by atoms with Crippen LogP contribution in [0.4, 0.5) is 23.4 Å². The molecule has 0 N–H and O–H groups in total. The standard InChI is InChI=1S/C15H12F4N2O/c1-10-5-6-11(16)8-12(10)14(22)21(9-15(17,18)19)13-4-2-3-7-20-13/h2-8H,9H2,1H3.